The number of nitrogen functional groups attached to an aromatic ring is 1. The summed E-state index contributed by atoms with van der Waals surface area (Å²) >= 11 is 1.50. The zero-order valence-corrected chi connectivity index (χ0v) is 29.9. The number of hydrogen-bond acceptors (Lipinski definition) is 6. The summed E-state index contributed by atoms with van der Waals surface area (Å²) in [6.07, 6.45) is 9.19. The molecule has 0 aliphatic heterocycles. The van der Waals surface area contributed by atoms with Gasteiger partial charge in [-0.3, -0.25) is 15.0 Å². The van der Waals surface area contributed by atoms with Crippen LogP contribution < -0.4 is 5.73 Å². The van der Waals surface area contributed by atoms with Crippen LogP contribution in [-0.2, 0) is 0 Å². The highest BCUT2D eigenvalue weighted by Gasteiger charge is 2.01. The van der Waals surface area contributed by atoms with Crippen molar-refractivity contribution in [1.29, 1.82) is 0 Å². The maximum Gasteiger partial charge on any atom is 0.180 e. The van der Waals surface area contributed by atoms with Crippen LogP contribution in [0.5, 0.6) is 0 Å². The van der Waals surface area contributed by atoms with E-state index in [2.05, 4.69) is 120 Å². The standard InChI is InChI=1S/C9H12.3C8H11N.C6H10N2S/c1-8(2)9-6-4-3-5-7-9;1-7(2)8-3-5-9-6-4-8;1-7(2)8-4-3-5-9-6-8;1-7(2)8-5-3-4-6-9-8;1-4(2)5-3-9-6(7)8-5/h3-8H,1-2H3;3*3-7H,1-2H3;3-4H,1-2H3,(H2,7,8). The van der Waals surface area contributed by atoms with Gasteiger partial charge in [0.25, 0.3) is 0 Å². The number of hydrogen-bond donors (Lipinski definition) is 1. The van der Waals surface area contributed by atoms with Gasteiger partial charge in [-0.15, -0.1) is 11.3 Å². The summed E-state index contributed by atoms with van der Waals surface area (Å²) in [5.74, 6) is 2.92. The van der Waals surface area contributed by atoms with Gasteiger partial charge in [-0.2, -0.15) is 0 Å². The Morgan fingerprint density at radius 2 is 1.02 bits per heavy atom. The van der Waals surface area contributed by atoms with E-state index in [0.29, 0.717) is 34.7 Å². The van der Waals surface area contributed by atoms with Crippen LogP contribution in [0.2, 0.25) is 0 Å². The third-order valence-electron chi connectivity index (χ3n) is 6.60. The molecule has 0 spiro atoms. The molecular formula is C39H55N5S. The summed E-state index contributed by atoms with van der Waals surface area (Å²) in [6.45, 7) is 21.6. The highest BCUT2D eigenvalue weighted by molar-refractivity contribution is 7.13. The Morgan fingerprint density at radius 3 is 1.33 bits per heavy atom. The van der Waals surface area contributed by atoms with Gasteiger partial charge in [0, 0.05) is 42.1 Å². The second-order valence-corrected chi connectivity index (χ2v) is 13.0. The van der Waals surface area contributed by atoms with Crippen molar-refractivity contribution in [1.82, 2.24) is 19.9 Å². The van der Waals surface area contributed by atoms with Gasteiger partial charge < -0.3 is 5.73 Å². The minimum Gasteiger partial charge on any atom is -0.375 e. The molecule has 0 amide bonds. The van der Waals surface area contributed by atoms with E-state index in [1.54, 1.807) is 6.20 Å². The summed E-state index contributed by atoms with van der Waals surface area (Å²) in [4.78, 5) is 16.2. The molecule has 0 aliphatic rings. The van der Waals surface area contributed by atoms with E-state index in [9.17, 15) is 0 Å². The Hall–Kier alpha value is -3.90. The second-order valence-electron chi connectivity index (χ2n) is 12.1. The highest BCUT2D eigenvalue weighted by atomic mass is 32.1. The first-order valence-electron chi connectivity index (χ1n) is 15.9. The molecule has 0 atom stereocenters. The minimum absolute atomic E-state index is 0.499. The van der Waals surface area contributed by atoms with Crippen LogP contribution in [0.4, 0.5) is 5.13 Å². The van der Waals surface area contributed by atoms with Crippen molar-refractivity contribution in [3.63, 3.8) is 0 Å². The fourth-order valence-electron chi connectivity index (χ4n) is 3.59. The van der Waals surface area contributed by atoms with Gasteiger partial charge >= 0.3 is 0 Å². The maximum absolute atomic E-state index is 5.42. The Bertz CT molecular complexity index is 1190. The number of nitrogens with zero attached hydrogens (tertiary/aromatic N) is 4. The van der Waals surface area contributed by atoms with Crippen molar-refractivity contribution >= 4 is 16.5 Å². The van der Waals surface area contributed by atoms with Crippen molar-refractivity contribution in [3.05, 3.63) is 137 Å². The van der Waals surface area contributed by atoms with Crippen LogP contribution in [0, 0.1) is 0 Å². The molecule has 0 fully saturated rings. The minimum atomic E-state index is 0.499. The molecular weight excluding hydrogens is 571 g/mol. The van der Waals surface area contributed by atoms with E-state index < -0.39 is 0 Å². The number of aromatic nitrogens is 4. The SMILES string of the molecule is CC(C)c1ccccc1.CC(C)c1ccccn1.CC(C)c1cccnc1.CC(C)c1ccncc1.CC(C)c1csc(N)n1. The molecule has 2 N–H and O–H groups in total. The predicted molar refractivity (Wildman–Crippen MR) is 196 cm³/mol. The number of rotatable bonds is 5. The smallest absolute Gasteiger partial charge is 0.180 e. The first-order chi connectivity index (χ1) is 21.4. The summed E-state index contributed by atoms with van der Waals surface area (Å²) in [6, 6.07) is 24.7. The molecule has 45 heavy (non-hydrogen) atoms. The van der Waals surface area contributed by atoms with Crippen LogP contribution in [0.15, 0.2) is 109 Å². The summed E-state index contributed by atoms with van der Waals surface area (Å²) < 4.78 is 0. The molecule has 5 nitrogen and oxygen atoms in total. The third kappa shape index (κ3) is 17.9. The first-order valence-corrected chi connectivity index (χ1v) is 16.8. The largest absolute Gasteiger partial charge is 0.375 e. The molecule has 0 saturated carbocycles. The lowest BCUT2D eigenvalue weighted by Gasteiger charge is -2.01. The lowest BCUT2D eigenvalue weighted by Crippen LogP contribution is -1.88. The molecule has 0 saturated heterocycles. The zero-order valence-electron chi connectivity index (χ0n) is 29.1. The highest BCUT2D eigenvalue weighted by Crippen LogP contribution is 2.18. The molecule has 0 bridgehead atoms. The zero-order chi connectivity index (χ0) is 33.6. The van der Waals surface area contributed by atoms with E-state index in [1.807, 2.05) is 72.6 Å². The molecule has 5 aromatic rings. The van der Waals surface area contributed by atoms with E-state index in [4.69, 9.17) is 5.73 Å². The van der Waals surface area contributed by atoms with Gasteiger partial charge in [0.15, 0.2) is 5.13 Å². The molecule has 0 unspecified atom stereocenters. The summed E-state index contributed by atoms with van der Waals surface area (Å²) in [5, 5.41) is 2.67. The predicted octanol–water partition coefficient (Wildman–Crippen LogP) is 11.3. The van der Waals surface area contributed by atoms with Gasteiger partial charge in [-0.1, -0.05) is 112 Å². The van der Waals surface area contributed by atoms with Crippen LogP contribution in [-0.4, -0.2) is 19.9 Å². The molecule has 1 aromatic carbocycles. The van der Waals surface area contributed by atoms with Crippen molar-refractivity contribution in [3.8, 4) is 0 Å². The van der Waals surface area contributed by atoms with Crippen LogP contribution in [0.1, 0.15) is 127 Å². The van der Waals surface area contributed by atoms with Crippen molar-refractivity contribution in [2.45, 2.75) is 98.8 Å². The Balaban J connectivity index is 0.000000281. The quantitative estimate of drug-likeness (QED) is 0.210. The van der Waals surface area contributed by atoms with Crippen molar-refractivity contribution in [2.24, 2.45) is 0 Å². The van der Waals surface area contributed by atoms with Gasteiger partial charge in [-0.05, 0) is 76.6 Å². The Labute approximate surface area is 277 Å². The molecule has 4 aromatic heterocycles. The average Bonchev–Trinajstić information content (AvgIpc) is 3.50. The molecule has 0 radical (unpaired) electrons. The van der Waals surface area contributed by atoms with Gasteiger partial charge in [0.05, 0.1) is 5.69 Å². The Kier molecular flexibility index (Phi) is 19.6. The number of anilines is 1. The number of thiazole rings is 1. The third-order valence-corrected chi connectivity index (χ3v) is 7.29. The van der Waals surface area contributed by atoms with E-state index in [1.165, 1.54) is 28.0 Å². The number of benzene rings is 1. The van der Waals surface area contributed by atoms with E-state index in [0.717, 1.165) is 11.4 Å². The van der Waals surface area contributed by atoms with E-state index in [-0.39, 0.29) is 0 Å². The Morgan fingerprint density at radius 1 is 0.489 bits per heavy atom. The van der Waals surface area contributed by atoms with Gasteiger partial charge in [0.2, 0.25) is 0 Å². The monoisotopic (exact) mass is 625 g/mol. The fraction of sp³-hybridized carbons (Fsp3) is 0.385. The van der Waals surface area contributed by atoms with Crippen molar-refractivity contribution < 1.29 is 0 Å². The van der Waals surface area contributed by atoms with Crippen molar-refractivity contribution in [2.75, 3.05) is 5.73 Å². The topological polar surface area (TPSA) is 77.6 Å². The first kappa shape index (κ1) is 39.1. The molecule has 0 aliphatic carbocycles. The average molecular weight is 626 g/mol. The number of nitrogens with two attached hydrogens (primary N) is 1. The summed E-state index contributed by atoms with van der Waals surface area (Å²) in [5.41, 5.74) is 11.8. The van der Waals surface area contributed by atoms with Crippen LogP contribution >= 0.6 is 11.3 Å². The molecule has 5 rings (SSSR count). The van der Waals surface area contributed by atoms with Crippen LogP contribution in [0.3, 0.4) is 0 Å². The maximum atomic E-state index is 5.42. The molecule has 242 valence electrons. The lowest BCUT2D eigenvalue weighted by atomic mass is 10.0. The molecule has 4 heterocycles. The normalized spacial score (nSPS) is 10.2. The molecule has 6 heteroatoms. The van der Waals surface area contributed by atoms with Gasteiger partial charge in [0.1, 0.15) is 0 Å². The lowest BCUT2D eigenvalue weighted by molar-refractivity contribution is 0.823. The second kappa shape index (κ2) is 22.6. The van der Waals surface area contributed by atoms with E-state index >= 15 is 0 Å². The number of pyridine rings is 3. The van der Waals surface area contributed by atoms with Gasteiger partial charge in [-0.25, -0.2) is 4.98 Å². The van der Waals surface area contributed by atoms with Crippen LogP contribution in [0.25, 0.3) is 0 Å². The summed E-state index contributed by atoms with van der Waals surface area (Å²) in [7, 11) is 0. The fourth-order valence-corrected chi connectivity index (χ4v) is 4.31.